The van der Waals surface area contributed by atoms with Crippen molar-refractivity contribution in [1.82, 2.24) is 0 Å². The Bertz CT molecular complexity index is 900. The average molecular weight is 599 g/mol. The first-order chi connectivity index (χ1) is 16.8. The van der Waals surface area contributed by atoms with E-state index >= 15 is 0 Å². The molecule has 0 atom stereocenters. The van der Waals surface area contributed by atoms with E-state index in [0.29, 0.717) is 0 Å². The van der Waals surface area contributed by atoms with E-state index in [4.69, 9.17) is 0 Å². The first-order valence-corrected chi connectivity index (χ1v) is 14.8. The van der Waals surface area contributed by atoms with Gasteiger partial charge in [0.25, 0.3) is 0 Å². The van der Waals surface area contributed by atoms with Gasteiger partial charge in [-0.1, -0.05) is 35.4 Å². The van der Waals surface area contributed by atoms with Crippen LogP contribution in [0.25, 0.3) is 11.1 Å². The van der Waals surface area contributed by atoms with E-state index in [-0.39, 0.29) is 24.8 Å². The summed E-state index contributed by atoms with van der Waals surface area (Å²) in [5, 5.41) is 0. The molecule has 0 saturated heterocycles. The number of hydrogen-bond donors (Lipinski definition) is 0. The molecule has 0 nitrogen and oxygen atoms in total. The second-order valence-electron chi connectivity index (χ2n) is 10.4. The normalized spacial score (nSPS) is 16.5. The summed E-state index contributed by atoms with van der Waals surface area (Å²) in [6.45, 7) is 0. The van der Waals surface area contributed by atoms with Gasteiger partial charge in [0.1, 0.15) is 0 Å². The van der Waals surface area contributed by atoms with Crippen LogP contribution in [-0.4, -0.2) is 3.21 Å². The van der Waals surface area contributed by atoms with Crippen molar-refractivity contribution in [3.63, 3.8) is 0 Å². The third-order valence-corrected chi connectivity index (χ3v) is 8.70. The summed E-state index contributed by atoms with van der Waals surface area (Å²) in [5.41, 5.74) is 5.51. The third-order valence-electron chi connectivity index (χ3n) is 7.69. The Labute approximate surface area is 247 Å². The second-order valence-corrected chi connectivity index (χ2v) is 12.1. The van der Waals surface area contributed by atoms with E-state index in [0.717, 1.165) is 18.3 Å². The molecule has 0 spiro atoms. The van der Waals surface area contributed by atoms with Crippen LogP contribution in [0.2, 0.25) is 0 Å². The van der Waals surface area contributed by atoms with Gasteiger partial charge in [0.2, 0.25) is 0 Å². The fraction of sp³-hybridized carbons (Fsp3) is 0.455. The molecule has 3 aliphatic rings. The van der Waals surface area contributed by atoms with Crippen molar-refractivity contribution in [2.75, 3.05) is 0 Å². The largest absolute Gasteiger partial charge is 0.214 e. The minimum atomic E-state index is 0. The molecule has 2 saturated carbocycles. The van der Waals surface area contributed by atoms with Gasteiger partial charge in [-0.2, -0.15) is 48.0 Å². The fourth-order valence-electron chi connectivity index (χ4n) is 5.88. The van der Waals surface area contributed by atoms with E-state index in [2.05, 4.69) is 42.5 Å². The van der Waals surface area contributed by atoms with Crippen LogP contribution < -0.4 is 24.8 Å². The first kappa shape index (κ1) is 31.3. The van der Waals surface area contributed by atoms with E-state index in [9.17, 15) is 0 Å². The molecule has 192 valence electrons. The van der Waals surface area contributed by atoms with Crippen molar-refractivity contribution in [3.05, 3.63) is 90.0 Å². The van der Waals surface area contributed by atoms with Crippen LogP contribution in [0.5, 0.6) is 0 Å². The number of rotatable bonds is 4. The van der Waals surface area contributed by atoms with Crippen molar-refractivity contribution < 1.29 is 49.0 Å². The molecular formula is C33H40Cl2Zr-2. The Morgan fingerprint density at radius 2 is 1.28 bits per heavy atom. The maximum absolute atomic E-state index is 3.30. The molecule has 0 aliphatic heterocycles. The first-order valence-electron chi connectivity index (χ1n) is 13.6. The summed E-state index contributed by atoms with van der Waals surface area (Å²) in [7, 11) is 0. The summed E-state index contributed by atoms with van der Waals surface area (Å²) >= 11 is 1.75. The van der Waals surface area contributed by atoms with E-state index < -0.39 is 0 Å². The third kappa shape index (κ3) is 10.1. The standard InChI is InChI=1S/C15H26.C13H9.C5H5.2ClH.Zr/c1-3-8-14(9-4-1)12-7-13-15-10-5-2-6-11-15;1-3-7-12-10(5-1)9-11-6-2-4-8-13(11)12;1-2-4-5-3-1;;;/h14-15H,1-6,8-13H2;1-5,7-8H,9H2;1-5H;2*1H;/q;2*-1;;;+2/p-2. The summed E-state index contributed by atoms with van der Waals surface area (Å²) in [6.07, 6.45) is 19.2. The minimum absolute atomic E-state index is 0. The summed E-state index contributed by atoms with van der Waals surface area (Å²) in [6, 6.07) is 28.1. The van der Waals surface area contributed by atoms with E-state index in [1.807, 2.05) is 39.6 Å². The second kappa shape index (κ2) is 17.6. The van der Waals surface area contributed by atoms with E-state index in [1.165, 1.54) is 99.3 Å². The molecule has 2 fully saturated rings. The van der Waals surface area contributed by atoms with Crippen molar-refractivity contribution in [2.24, 2.45) is 11.8 Å². The Kier molecular flexibility index (Phi) is 15.3. The molecule has 0 unspecified atom stereocenters. The van der Waals surface area contributed by atoms with Crippen LogP contribution in [0.15, 0.2) is 72.8 Å². The van der Waals surface area contributed by atoms with Crippen molar-refractivity contribution in [1.29, 1.82) is 0 Å². The molecule has 3 aliphatic carbocycles. The minimum Gasteiger partial charge on any atom is -0.214 e. The van der Waals surface area contributed by atoms with Gasteiger partial charge in [-0.3, -0.25) is 0 Å². The summed E-state index contributed by atoms with van der Waals surface area (Å²) < 4.78 is 1.91. The number of fused-ring (bicyclic) bond motifs is 3. The monoisotopic (exact) mass is 596 g/mol. The quantitative estimate of drug-likeness (QED) is 0.317. The Morgan fingerprint density at radius 3 is 1.83 bits per heavy atom. The molecule has 3 aromatic rings. The molecule has 3 aromatic carbocycles. The van der Waals surface area contributed by atoms with Gasteiger partial charge < -0.3 is 24.8 Å². The molecular weight excluding hydrogens is 558 g/mol. The van der Waals surface area contributed by atoms with Crippen molar-refractivity contribution >= 4 is 3.21 Å². The molecule has 6 rings (SSSR count). The molecule has 36 heavy (non-hydrogen) atoms. The molecule has 0 aromatic heterocycles. The molecule has 3 heteroatoms. The maximum atomic E-state index is 3.30. The SMILES string of the molecule is [Cl-].[Cl-].[Zr+2]=[C](CC1CCCCC1)CC1CCCCC1.[c-]1cccc2c1Cc1ccccc1-2.c1cc[cH-]c1. The number of hydrogen-bond acceptors (Lipinski definition) is 0. The van der Waals surface area contributed by atoms with Crippen LogP contribution in [0, 0.1) is 17.9 Å². The van der Waals surface area contributed by atoms with Gasteiger partial charge >= 0.3 is 116 Å². The van der Waals surface area contributed by atoms with E-state index in [1.54, 1.807) is 24.2 Å². The molecule has 0 N–H and O–H groups in total. The fourth-order valence-corrected chi connectivity index (χ4v) is 7.30. The van der Waals surface area contributed by atoms with Gasteiger partial charge in [0.05, 0.1) is 0 Å². The van der Waals surface area contributed by atoms with Crippen molar-refractivity contribution in [3.8, 4) is 11.1 Å². The van der Waals surface area contributed by atoms with Gasteiger partial charge in [0.15, 0.2) is 0 Å². The topological polar surface area (TPSA) is 0 Å². The predicted octanol–water partition coefficient (Wildman–Crippen LogP) is 3.12. The van der Waals surface area contributed by atoms with Crippen LogP contribution in [-0.2, 0) is 30.7 Å². The van der Waals surface area contributed by atoms with Gasteiger partial charge in [-0.05, 0) is 6.42 Å². The van der Waals surface area contributed by atoms with Gasteiger partial charge in [-0.25, -0.2) is 12.1 Å². The molecule has 0 radical (unpaired) electrons. The van der Waals surface area contributed by atoms with Crippen molar-refractivity contribution in [2.45, 2.75) is 83.5 Å². The Balaban J connectivity index is 0.000000205. The van der Waals surface area contributed by atoms with Crippen LogP contribution >= 0.6 is 0 Å². The number of benzene rings is 2. The molecule has 0 heterocycles. The number of halogens is 2. The molecule has 0 amide bonds. The Morgan fingerprint density at radius 1 is 0.722 bits per heavy atom. The van der Waals surface area contributed by atoms with Gasteiger partial charge in [-0.15, -0.1) is 5.56 Å². The zero-order chi connectivity index (χ0) is 23.4. The zero-order valence-electron chi connectivity index (χ0n) is 21.5. The maximum Gasteiger partial charge on any atom is -0.0253 e. The zero-order valence-corrected chi connectivity index (χ0v) is 25.5. The summed E-state index contributed by atoms with van der Waals surface area (Å²) in [4.78, 5) is 0. The Hall–Kier alpha value is -0.877. The summed E-state index contributed by atoms with van der Waals surface area (Å²) in [5.74, 6) is 2.15. The smallest absolute Gasteiger partial charge is 0.0253 e. The van der Waals surface area contributed by atoms with Crippen LogP contribution in [0.1, 0.15) is 88.2 Å². The molecule has 0 bridgehead atoms. The van der Waals surface area contributed by atoms with Crippen LogP contribution in [0.3, 0.4) is 0 Å². The average Bonchev–Trinajstić information content (AvgIpc) is 3.58. The van der Waals surface area contributed by atoms with Crippen LogP contribution in [0.4, 0.5) is 0 Å². The van der Waals surface area contributed by atoms with Gasteiger partial charge in [0, 0.05) is 0 Å². The predicted molar refractivity (Wildman–Crippen MR) is 143 cm³/mol.